The Kier molecular flexibility index (Phi) is 5.68. The Bertz CT molecular complexity index is 1680. The zero-order valence-corrected chi connectivity index (χ0v) is 19.3. The summed E-state index contributed by atoms with van der Waals surface area (Å²) in [5.41, 5.74) is 4.08. The highest BCUT2D eigenvalue weighted by atomic mass is 16.4. The number of carboxylic acid groups (broad SMARTS) is 1. The van der Waals surface area contributed by atoms with Crippen LogP contribution < -0.4 is 16.4 Å². The normalized spacial score (nSPS) is 11.2. The highest BCUT2D eigenvalue weighted by Gasteiger charge is 2.20. The Hall–Kier alpha value is -5.00. The molecule has 0 aliphatic heterocycles. The van der Waals surface area contributed by atoms with Gasteiger partial charge >= 0.3 is 11.7 Å². The number of fused-ring (bicyclic) bond motifs is 2. The number of nitrogens with zero attached hydrogens (tertiary/aromatic N) is 5. The van der Waals surface area contributed by atoms with Gasteiger partial charge in [0.1, 0.15) is 17.4 Å². The number of rotatable bonds is 7. The average molecular weight is 487 g/mol. The molecule has 182 valence electrons. The first-order valence-electron chi connectivity index (χ1n) is 10.9. The minimum Gasteiger partial charge on any atom is -0.478 e. The molecule has 3 N–H and O–H groups in total. The molecule has 36 heavy (non-hydrogen) atoms. The number of carbonyl (C=O) groups is 2. The quantitative estimate of drug-likeness (QED) is 0.312. The second kappa shape index (κ2) is 8.98. The van der Waals surface area contributed by atoms with Crippen molar-refractivity contribution in [3.63, 3.8) is 0 Å². The number of aromatic nitrogens is 5. The molecule has 12 heteroatoms. The fraction of sp³-hybridized carbons (Fsp3) is 0.167. The first-order chi connectivity index (χ1) is 17.3. The lowest BCUT2D eigenvalue weighted by atomic mass is 10.1. The van der Waals surface area contributed by atoms with Crippen LogP contribution in [0.4, 0.5) is 5.82 Å². The van der Waals surface area contributed by atoms with Gasteiger partial charge in [0.05, 0.1) is 11.1 Å². The van der Waals surface area contributed by atoms with Crippen molar-refractivity contribution in [2.24, 2.45) is 14.1 Å². The van der Waals surface area contributed by atoms with Crippen LogP contribution in [0.1, 0.15) is 32.0 Å². The Morgan fingerprint density at radius 3 is 2.53 bits per heavy atom. The number of aromatic carboxylic acids is 1. The van der Waals surface area contributed by atoms with E-state index in [0.29, 0.717) is 34.5 Å². The van der Waals surface area contributed by atoms with E-state index in [-0.39, 0.29) is 17.8 Å². The minimum atomic E-state index is -0.986. The second-order valence-electron chi connectivity index (χ2n) is 8.16. The third-order valence-corrected chi connectivity index (χ3v) is 5.81. The zero-order chi connectivity index (χ0) is 25.4. The predicted molar refractivity (Wildman–Crippen MR) is 130 cm³/mol. The van der Waals surface area contributed by atoms with Crippen LogP contribution in [0, 0.1) is 0 Å². The lowest BCUT2D eigenvalue weighted by Gasteiger charge is -2.07. The number of nitrogens with one attached hydrogen (secondary N) is 2. The second-order valence-corrected chi connectivity index (χ2v) is 8.16. The van der Waals surface area contributed by atoms with Gasteiger partial charge in [-0.25, -0.2) is 19.6 Å². The first-order valence-corrected chi connectivity index (χ1v) is 10.9. The van der Waals surface area contributed by atoms with Crippen LogP contribution in [0.15, 0.2) is 58.0 Å². The molecule has 0 saturated heterocycles. The van der Waals surface area contributed by atoms with E-state index in [4.69, 9.17) is 9.52 Å². The van der Waals surface area contributed by atoms with Gasteiger partial charge in [-0.05, 0) is 35.4 Å². The third-order valence-electron chi connectivity index (χ3n) is 5.81. The van der Waals surface area contributed by atoms with Crippen molar-refractivity contribution in [3.8, 4) is 0 Å². The molecular weight excluding hydrogens is 466 g/mol. The summed E-state index contributed by atoms with van der Waals surface area (Å²) in [5.74, 6) is -1.37. The lowest BCUT2D eigenvalue weighted by Crippen LogP contribution is -2.24. The van der Waals surface area contributed by atoms with Crippen LogP contribution in [0.3, 0.4) is 0 Å². The number of aryl methyl sites for hydroxylation is 2. The molecule has 3 aromatic heterocycles. The molecule has 0 saturated carbocycles. The SMILES string of the molecule is Cn1nc(NCc2ccc(C(=O)O)cc2)c2ncnc(C(=O)NCc3ccc4oc(=O)n(C)c4c3)c21. The minimum absolute atomic E-state index is 0.172. The Morgan fingerprint density at radius 2 is 1.78 bits per heavy atom. The first kappa shape index (κ1) is 22.8. The summed E-state index contributed by atoms with van der Waals surface area (Å²) in [4.78, 5) is 44.2. The number of anilines is 1. The fourth-order valence-corrected chi connectivity index (χ4v) is 3.89. The average Bonchev–Trinajstić information content (AvgIpc) is 3.36. The van der Waals surface area contributed by atoms with E-state index in [0.717, 1.165) is 11.1 Å². The van der Waals surface area contributed by atoms with Gasteiger partial charge in [-0.2, -0.15) is 5.10 Å². The van der Waals surface area contributed by atoms with Crippen molar-refractivity contribution in [2.75, 3.05) is 5.32 Å². The van der Waals surface area contributed by atoms with Gasteiger partial charge in [-0.1, -0.05) is 18.2 Å². The molecule has 2 aromatic carbocycles. The van der Waals surface area contributed by atoms with Crippen molar-refractivity contribution in [1.82, 2.24) is 29.6 Å². The molecule has 0 aliphatic carbocycles. The van der Waals surface area contributed by atoms with Gasteiger partial charge in [-0.3, -0.25) is 14.0 Å². The molecule has 0 spiro atoms. The molecule has 0 aliphatic rings. The molecule has 0 fully saturated rings. The summed E-state index contributed by atoms with van der Waals surface area (Å²) >= 11 is 0. The smallest absolute Gasteiger partial charge is 0.419 e. The number of benzene rings is 2. The summed E-state index contributed by atoms with van der Waals surface area (Å²) < 4.78 is 8.08. The Labute approximate surface area is 203 Å². The maximum Gasteiger partial charge on any atom is 0.419 e. The summed E-state index contributed by atoms with van der Waals surface area (Å²) in [6, 6.07) is 11.7. The maximum atomic E-state index is 13.0. The van der Waals surface area contributed by atoms with E-state index >= 15 is 0 Å². The molecule has 5 aromatic rings. The fourth-order valence-electron chi connectivity index (χ4n) is 3.89. The van der Waals surface area contributed by atoms with E-state index in [2.05, 4.69) is 25.7 Å². The van der Waals surface area contributed by atoms with Gasteiger partial charge in [0, 0.05) is 27.2 Å². The highest BCUT2D eigenvalue weighted by Crippen LogP contribution is 2.23. The number of carboxylic acids is 1. The van der Waals surface area contributed by atoms with Crippen LogP contribution in [0.5, 0.6) is 0 Å². The molecule has 3 heterocycles. The molecule has 0 bridgehead atoms. The van der Waals surface area contributed by atoms with E-state index in [1.165, 1.54) is 27.7 Å². The van der Waals surface area contributed by atoms with Crippen molar-refractivity contribution in [3.05, 3.63) is 81.7 Å². The molecule has 0 unspecified atom stereocenters. The van der Waals surface area contributed by atoms with Crippen LogP contribution in [0.25, 0.3) is 22.1 Å². The number of carbonyl (C=O) groups excluding carboxylic acids is 1. The van der Waals surface area contributed by atoms with E-state index < -0.39 is 17.6 Å². The Morgan fingerprint density at radius 1 is 1.03 bits per heavy atom. The summed E-state index contributed by atoms with van der Waals surface area (Å²) in [6.45, 7) is 0.603. The number of hydrogen-bond acceptors (Lipinski definition) is 8. The van der Waals surface area contributed by atoms with Crippen LogP contribution >= 0.6 is 0 Å². The number of oxazole rings is 1. The van der Waals surface area contributed by atoms with Crippen LogP contribution in [-0.4, -0.2) is 41.3 Å². The van der Waals surface area contributed by atoms with Crippen molar-refractivity contribution in [2.45, 2.75) is 13.1 Å². The van der Waals surface area contributed by atoms with Gasteiger partial charge in [-0.15, -0.1) is 0 Å². The van der Waals surface area contributed by atoms with E-state index in [1.807, 2.05) is 0 Å². The monoisotopic (exact) mass is 487 g/mol. The maximum absolute atomic E-state index is 13.0. The summed E-state index contributed by atoms with van der Waals surface area (Å²) in [5, 5.41) is 19.5. The zero-order valence-electron chi connectivity index (χ0n) is 19.3. The molecule has 1 amide bonds. The van der Waals surface area contributed by atoms with Crippen molar-refractivity contribution in [1.29, 1.82) is 0 Å². The largest absolute Gasteiger partial charge is 0.478 e. The molecule has 5 rings (SSSR count). The van der Waals surface area contributed by atoms with E-state index in [9.17, 15) is 14.4 Å². The lowest BCUT2D eigenvalue weighted by molar-refractivity contribution is 0.0696. The number of hydrogen-bond donors (Lipinski definition) is 3. The van der Waals surface area contributed by atoms with Crippen LogP contribution in [0.2, 0.25) is 0 Å². The molecule has 0 radical (unpaired) electrons. The predicted octanol–water partition coefficient (Wildman–Crippen LogP) is 2.05. The van der Waals surface area contributed by atoms with Gasteiger partial charge < -0.3 is 20.2 Å². The number of amides is 1. The molecule has 12 nitrogen and oxygen atoms in total. The Balaban J connectivity index is 1.33. The van der Waals surface area contributed by atoms with Crippen molar-refractivity contribution < 1.29 is 19.1 Å². The van der Waals surface area contributed by atoms with Gasteiger partial charge in [0.2, 0.25) is 0 Å². The van der Waals surface area contributed by atoms with Crippen LogP contribution in [-0.2, 0) is 27.2 Å². The van der Waals surface area contributed by atoms with Gasteiger partial charge in [0.25, 0.3) is 5.91 Å². The molecule has 0 atom stereocenters. The van der Waals surface area contributed by atoms with E-state index in [1.54, 1.807) is 44.4 Å². The summed E-state index contributed by atoms with van der Waals surface area (Å²) in [7, 11) is 3.32. The third kappa shape index (κ3) is 4.15. The van der Waals surface area contributed by atoms with Crippen molar-refractivity contribution >= 4 is 39.8 Å². The topological polar surface area (TPSA) is 157 Å². The molecular formula is C24H21N7O5. The highest BCUT2D eigenvalue weighted by molar-refractivity contribution is 6.05. The van der Waals surface area contributed by atoms with Gasteiger partial charge in [0.15, 0.2) is 17.1 Å². The summed E-state index contributed by atoms with van der Waals surface area (Å²) in [6.07, 6.45) is 1.30. The standard InChI is InChI=1S/C24H21N7O5/c1-30-16-9-14(5-8-17(16)36-24(30)35)11-26-22(32)19-20-18(27-12-28-19)21(29-31(20)2)25-10-13-3-6-15(7-4-13)23(33)34/h3-9,12H,10-11H2,1-2H3,(H,25,29)(H,26,32)(H,33,34).